The van der Waals surface area contributed by atoms with Gasteiger partial charge in [-0.2, -0.15) is 0 Å². The highest BCUT2D eigenvalue weighted by Crippen LogP contribution is 2.23. The normalized spacial score (nSPS) is 19.5. The monoisotopic (exact) mass is 226 g/mol. The molecule has 1 fully saturated rings. The Labute approximate surface area is 102 Å². The maximum atomic E-state index is 5.63. The Morgan fingerprint density at radius 1 is 1.25 bits per heavy atom. The lowest BCUT2D eigenvalue weighted by Crippen LogP contribution is -2.30. The predicted octanol–water partition coefficient (Wildman–Crippen LogP) is 3.02. The van der Waals surface area contributed by atoms with E-state index < -0.39 is 0 Å². The zero-order valence-corrected chi connectivity index (χ0v) is 11.3. The summed E-state index contributed by atoms with van der Waals surface area (Å²) in [5.74, 6) is 0.863. The van der Waals surface area contributed by atoms with E-state index in [1.165, 1.54) is 57.9 Å². The predicted molar refractivity (Wildman–Crippen MR) is 71.6 cm³/mol. The summed E-state index contributed by atoms with van der Waals surface area (Å²) >= 11 is 0. The SMILES string of the molecule is CCC(CCN)CCCN(C)C1CCCC1. The van der Waals surface area contributed by atoms with Crippen molar-refractivity contribution in [1.82, 2.24) is 4.90 Å². The first kappa shape index (κ1) is 14.0. The third kappa shape index (κ3) is 4.84. The van der Waals surface area contributed by atoms with Crippen molar-refractivity contribution in [2.24, 2.45) is 11.7 Å². The average Bonchev–Trinajstić information content (AvgIpc) is 2.81. The Hall–Kier alpha value is -0.0800. The van der Waals surface area contributed by atoms with Crippen LogP contribution in [0.25, 0.3) is 0 Å². The molecule has 0 radical (unpaired) electrons. The van der Waals surface area contributed by atoms with Crippen molar-refractivity contribution < 1.29 is 0 Å². The van der Waals surface area contributed by atoms with Crippen LogP contribution >= 0.6 is 0 Å². The van der Waals surface area contributed by atoms with Gasteiger partial charge in [-0.25, -0.2) is 0 Å². The minimum Gasteiger partial charge on any atom is -0.330 e. The molecule has 0 saturated heterocycles. The molecule has 1 rings (SSSR count). The number of rotatable bonds is 8. The van der Waals surface area contributed by atoms with Crippen LogP contribution in [0.5, 0.6) is 0 Å². The van der Waals surface area contributed by atoms with E-state index in [0.29, 0.717) is 0 Å². The van der Waals surface area contributed by atoms with Crippen LogP contribution in [0.4, 0.5) is 0 Å². The summed E-state index contributed by atoms with van der Waals surface area (Å²) in [5.41, 5.74) is 5.63. The van der Waals surface area contributed by atoms with E-state index in [-0.39, 0.29) is 0 Å². The fourth-order valence-corrected chi connectivity index (χ4v) is 2.95. The van der Waals surface area contributed by atoms with E-state index in [9.17, 15) is 0 Å². The molecule has 0 aromatic heterocycles. The zero-order chi connectivity index (χ0) is 11.8. The van der Waals surface area contributed by atoms with E-state index in [0.717, 1.165) is 18.5 Å². The lowest BCUT2D eigenvalue weighted by Gasteiger charge is -2.24. The molecule has 0 aromatic carbocycles. The van der Waals surface area contributed by atoms with Gasteiger partial charge in [-0.1, -0.05) is 26.2 Å². The molecule has 0 bridgehead atoms. The third-order valence-electron chi connectivity index (χ3n) is 4.22. The third-order valence-corrected chi connectivity index (χ3v) is 4.22. The Morgan fingerprint density at radius 3 is 2.50 bits per heavy atom. The average molecular weight is 226 g/mol. The standard InChI is InChI=1S/C14H30N2/c1-3-13(10-11-15)7-6-12-16(2)14-8-4-5-9-14/h13-14H,3-12,15H2,1-2H3. The Morgan fingerprint density at radius 2 is 1.94 bits per heavy atom. The van der Waals surface area contributed by atoms with Crippen LogP contribution < -0.4 is 5.73 Å². The van der Waals surface area contributed by atoms with Crippen molar-refractivity contribution in [2.45, 2.75) is 64.3 Å². The van der Waals surface area contributed by atoms with Gasteiger partial charge in [0, 0.05) is 6.04 Å². The van der Waals surface area contributed by atoms with E-state index in [4.69, 9.17) is 5.73 Å². The van der Waals surface area contributed by atoms with Crippen molar-refractivity contribution >= 4 is 0 Å². The fourth-order valence-electron chi connectivity index (χ4n) is 2.95. The largest absolute Gasteiger partial charge is 0.330 e. The van der Waals surface area contributed by atoms with Crippen LogP contribution in [0.2, 0.25) is 0 Å². The van der Waals surface area contributed by atoms with Gasteiger partial charge >= 0.3 is 0 Å². The van der Waals surface area contributed by atoms with Crippen LogP contribution in [-0.2, 0) is 0 Å². The number of nitrogens with two attached hydrogens (primary N) is 1. The lowest BCUT2D eigenvalue weighted by molar-refractivity contribution is 0.233. The van der Waals surface area contributed by atoms with Crippen LogP contribution in [0, 0.1) is 5.92 Å². The van der Waals surface area contributed by atoms with Crippen LogP contribution in [0.1, 0.15) is 58.3 Å². The van der Waals surface area contributed by atoms with Crippen LogP contribution in [0.15, 0.2) is 0 Å². The molecular weight excluding hydrogens is 196 g/mol. The minimum absolute atomic E-state index is 0.858. The molecule has 2 heteroatoms. The Kier molecular flexibility index (Phi) is 7.06. The molecule has 1 aliphatic carbocycles. The molecule has 0 aliphatic heterocycles. The Balaban J connectivity index is 2.08. The van der Waals surface area contributed by atoms with Gasteiger partial charge < -0.3 is 10.6 Å². The van der Waals surface area contributed by atoms with E-state index in [1.807, 2.05) is 0 Å². The maximum Gasteiger partial charge on any atom is 0.00922 e. The van der Waals surface area contributed by atoms with Crippen molar-refractivity contribution in [3.63, 3.8) is 0 Å². The number of hydrogen-bond acceptors (Lipinski definition) is 2. The number of hydrogen-bond donors (Lipinski definition) is 1. The first-order valence-electron chi connectivity index (χ1n) is 7.18. The van der Waals surface area contributed by atoms with Crippen molar-refractivity contribution in [3.8, 4) is 0 Å². The molecule has 0 aromatic rings. The molecule has 0 amide bonds. The molecule has 0 spiro atoms. The summed E-state index contributed by atoms with van der Waals surface area (Å²) < 4.78 is 0. The molecule has 0 heterocycles. The second-order valence-electron chi connectivity index (χ2n) is 5.41. The molecule has 16 heavy (non-hydrogen) atoms. The summed E-state index contributed by atoms with van der Waals surface area (Å²) in [6, 6.07) is 0.884. The van der Waals surface area contributed by atoms with Gasteiger partial charge in [0.2, 0.25) is 0 Å². The second-order valence-corrected chi connectivity index (χ2v) is 5.41. The quantitative estimate of drug-likeness (QED) is 0.689. The van der Waals surface area contributed by atoms with Crippen molar-refractivity contribution in [2.75, 3.05) is 20.1 Å². The summed E-state index contributed by atoms with van der Waals surface area (Å²) in [6.45, 7) is 4.43. The zero-order valence-electron chi connectivity index (χ0n) is 11.3. The molecule has 2 N–H and O–H groups in total. The molecule has 1 atom stereocenters. The highest BCUT2D eigenvalue weighted by atomic mass is 15.1. The molecule has 1 unspecified atom stereocenters. The van der Waals surface area contributed by atoms with E-state index in [1.54, 1.807) is 0 Å². The number of nitrogens with zero attached hydrogens (tertiary/aromatic N) is 1. The van der Waals surface area contributed by atoms with Gasteiger partial charge in [0.1, 0.15) is 0 Å². The van der Waals surface area contributed by atoms with Gasteiger partial charge in [-0.15, -0.1) is 0 Å². The topological polar surface area (TPSA) is 29.3 Å². The van der Waals surface area contributed by atoms with E-state index >= 15 is 0 Å². The van der Waals surface area contributed by atoms with Crippen LogP contribution in [-0.4, -0.2) is 31.1 Å². The summed E-state index contributed by atoms with van der Waals surface area (Å²) in [5, 5.41) is 0. The lowest BCUT2D eigenvalue weighted by atomic mass is 9.96. The highest BCUT2D eigenvalue weighted by molar-refractivity contribution is 4.75. The first-order valence-corrected chi connectivity index (χ1v) is 7.18. The van der Waals surface area contributed by atoms with Crippen LogP contribution in [0.3, 0.4) is 0 Å². The van der Waals surface area contributed by atoms with Gasteiger partial charge in [-0.3, -0.25) is 0 Å². The van der Waals surface area contributed by atoms with Gasteiger partial charge in [0.05, 0.1) is 0 Å². The molecular formula is C14H30N2. The van der Waals surface area contributed by atoms with Gasteiger partial charge in [0.25, 0.3) is 0 Å². The molecule has 2 nitrogen and oxygen atoms in total. The molecule has 1 saturated carbocycles. The van der Waals surface area contributed by atoms with Crippen molar-refractivity contribution in [3.05, 3.63) is 0 Å². The summed E-state index contributed by atoms with van der Waals surface area (Å²) in [7, 11) is 2.31. The maximum absolute atomic E-state index is 5.63. The van der Waals surface area contributed by atoms with Gasteiger partial charge in [-0.05, 0) is 58.2 Å². The first-order chi connectivity index (χ1) is 7.77. The van der Waals surface area contributed by atoms with Crippen molar-refractivity contribution in [1.29, 1.82) is 0 Å². The summed E-state index contributed by atoms with van der Waals surface area (Å²) in [6.07, 6.45) is 11.0. The smallest absolute Gasteiger partial charge is 0.00922 e. The highest BCUT2D eigenvalue weighted by Gasteiger charge is 2.19. The van der Waals surface area contributed by atoms with E-state index in [2.05, 4.69) is 18.9 Å². The molecule has 96 valence electrons. The Bertz CT molecular complexity index is 164. The van der Waals surface area contributed by atoms with Gasteiger partial charge in [0.15, 0.2) is 0 Å². The minimum atomic E-state index is 0.858. The summed E-state index contributed by atoms with van der Waals surface area (Å²) in [4.78, 5) is 2.59. The fraction of sp³-hybridized carbons (Fsp3) is 1.00. The molecule has 1 aliphatic rings. The second kappa shape index (κ2) is 8.08.